The largest absolute Gasteiger partial charge is 0.393 e. The molecule has 2 aliphatic heterocycles. The van der Waals surface area contributed by atoms with E-state index < -0.39 is 55.4 Å². The van der Waals surface area contributed by atoms with Crippen molar-refractivity contribution in [3.8, 4) is 0 Å². The van der Waals surface area contributed by atoms with Gasteiger partial charge < -0.3 is 39.8 Å². The van der Waals surface area contributed by atoms with E-state index in [1.54, 1.807) is 5.48 Å². The van der Waals surface area contributed by atoms with Gasteiger partial charge in [0, 0.05) is 6.42 Å². The Kier molecular flexibility index (Phi) is 5.60. The third kappa shape index (κ3) is 3.56. The standard InChI is InChI=1S/C11H19NO9/c13-2-6-8(15)4(12-18)1-7(20-6)21-11-10(17)9(16)5(14)3-19-11/h4-7,9-14,16-18H,1-3H2. The third-order valence-electron chi connectivity index (χ3n) is 3.47. The molecule has 2 saturated heterocycles. The van der Waals surface area contributed by atoms with Gasteiger partial charge in [-0.25, -0.2) is 0 Å². The normalized spacial score (nSPS) is 44.8. The van der Waals surface area contributed by atoms with Gasteiger partial charge in [-0.3, -0.25) is 4.79 Å². The Morgan fingerprint density at radius 3 is 2.62 bits per heavy atom. The number of hydrogen-bond donors (Lipinski definition) is 6. The molecule has 7 atom stereocenters. The van der Waals surface area contributed by atoms with Crippen molar-refractivity contribution in [1.82, 2.24) is 5.48 Å². The molecule has 0 aliphatic carbocycles. The van der Waals surface area contributed by atoms with Crippen LogP contribution in [0, 0.1) is 0 Å². The van der Waals surface area contributed by atoms with Gasteiger partial charge in [-0.05, 0) is 0 Å². The molecular formula is C11H19NO9. The lowest BCUT2D eigenvalue weighted by molar-refractivity contribution is -0.325. The van der Waals surface area contributed by atoms with E-state index in [-0.39, 0.29) is 13.0 Å². The van der Waals surface area contributed by atoms with E-state index in [0.717, 1.165) is 0 Å². The SMILES string of the molecule is O=C1C(NO)CC(OC2OCC(O)C(O)C2O)OC1CO. The van der Waals surface area contributed by atoms with Crippen LogP contribution in [0.1, 0.15) is 6.42 Å². The lowest BCUT2D eigenvalue weighted by Gasteiger charge is -2.39. The topological polar surface area (TPSA) is 158 Å². The van der Waals surface area contributed by atoms with E-state index in [4.69, 9.17) is 24.5 Å². The summed E-state index contributed by atoms with van der Waals surface area (Å²) < 4.78 is 15.5. The van der Waals surface area contributed by atoms with Crippen molar-refractivity contribution in [2.45, 2.75) is 49.5 Å². The predicted molar refractivity (Wildman–Crippen MR) is 62.9 cm³/mol. The minimum atomic E-state index is -1.50. The van der Waals surface area contributed by atoms with Crippen LogP contribution < -0.4 is 5.48 Å². The summed E-state index contributed by atoms with van der Waals surface area (Å²) in [6, 6.07) is -0.989. The first-order chi connectivity index (χ1) is 9.97. The van der Waals surface area contributed by atoms with Crippen LogP contribution in [0.15, 0.2) is 0 Å². The van der Waals surface area contributed by atoms with Crippen LogP contribution >= 0.6 is 0 Å². The number of Topliss-reactive ketones (excluding diaryl/α,β-unsaturated/α-hetero) is 1. The molecule has 0 aromatic rings. The molecule has 2 aliphatic rings. The molecule has 2 rings (SSSR count). The van der Waals surface area contributed by atoms with E-state index in [1.807, 2.05) is 0 Å². The summed E-state index contributed by atoms with van der Waals surface area (Å²) >= 11 is 0. The van der Waals surface area contributed by atoms with Crippen molar-refractivity contribution >= 4 is 5.78 Å². The molecule has 2 heterocycles. The highest BCUT2D eigenvalue weighted by molar-refractivity contribution is 5.88. The van der Waals surface area contributed by atoms with Gasteiger partial charge in [0.2, 0.25) is 0 Å². The fraction of sp³-hybridized carbons (Fsp3) is 0.909. The fourth-order valence-corrected chi connectivity index (χ4v) is 2.22. The van der Waals surface area contributed by atoms with Gasteiger partial charge >= 0.3 is 0 Å². The van der Waals surface area contributed by atoms with Gasteiger partial charge in [0.05, 0.1) is 19.3 Å². The summed E-state index contributed by atoms with van der Waals surface area (Å²) in [4.78, 5) is 11.7. The summed E-state index contributed by atoms with van der Waals surface area (Å²) in [6.07, 6.45) is -7.73. The average Bonchev–Trinajstić information content (AvgIpc) is 2.49. The van der Waals surface area contributed by atoms with Crippen LogP contribution in [0.5, 0.6) is 0 Å². The average molecular weight is 309 g/mol. The van der Waals surface area contributed by atoms with Crippen LogP contribution in [0.4, 0.5) is 0 Å². The van der Waals surface area contributed by atoms with Crippen molar-refractivity contribution in [2.75, 3.05) is 13.2 Å². The van der Waals surface area contributed by atoms with E-state index in [0.29, 0.717) is 0 Å². The monoisotopic (exact) mass is 309 g/mol. The number of hydrogen-bond acceptors (Lipinski definition) is 10. The van der Waals surface area contributed by atoms with Crippen LogP contribution in [0.2, 0.25) is 0 Å². The molecule has 0 spiro atoms. The number of hydroxylamine groups is 1. The molecule has 2 fully saturated rings. The van der Waals surface area contributed by atoms with Crippen molar-refractivity contribution in [1.29, 1.82) is 0 Å². The molecular weight excluding hydrogens is 290 g/mol. The smallest absolute Gasteiger partial charge is 0.189 e. The number of nitrogens with one attached hydrogen (secondary N) is 1. The number of ether oxygens (including phenoxy) is 3. The van der Waals surface area contributed by atoms with Crippen molar-refractivity contribution < 1.29 is 44.6 Å². The zero-order valence-corrected chi connectivity index (χ0v) is 11.0. The molecule has 6 N–H and O–H groups in total. The maximum Gasteiger partial charge on any atom is 0.189 e. The molecule has 122 valence electrons. The molecule has 21 heavy (non-hydrogen) atoms. The molecule has 0 radical (unpaired) electrons. The number of rotatable bonds is 4. The maximum atomic E-state index is 11.7. The highest BCUT2D eigenvalue weighted by atomic mass is 16.8. The fourth-order valence-electron chi connectivity index (χ4n) is 2.22. The molecule has 0 aromatic heterocycles. The zero-order valence-electron chi connectivity index (χ0n) is 11.0. The number of carbonyl (C=O) groups excluding carboxylic acids is 1. The quantitative estimate of drug-likeness (QED) is 0.287. The maximum absolute atomic E-state index is 11.7. The molecule has 0 amide bonds. The van der Waals surface area contributed by atoms with E-state index in [1.165, 1.54) is 0 Å². The summed E-state index contributed by atoms with van der Waals surface area (Å²) in [5, 5.41) is 46.6. The second-order valence-electron chi connectivity index (χ2n) is 4.94. The first kappa shape index (κ1) is 16.7. The summed E-state index contributed by atoms with van der Waals surface area (Å²) in [6.45, 7) is -0.827. The summed E-state index contributed by atoms with van der Waals surface area (Å²) in [5.41, 5.74) is 1.80. The highest BCUT2D eigenvalue weighted by Crippen LogP contribution is 2.23. The highest BCUT2D eigenvalue weighted by Gasteiger charge is 2.43. The number of ketones is 1. The van der Waals surface area contributed by atoms with E-state index in [9.17, 15) is 20.1 Å². The molecule has 10 heteroatoms. The van der Waals surface area contributed by atoms with Gasteiger partial charge in [-0.2, -0.15) is 5.48 Å². The second-order valence-corrected chi connectivity index (χ2v) is 4.94. The Balaban J connectivity index is 1.97. The molecule has 10 nitrogen and oxygen atoms in total. The van der Waals surface area contributed by atoms with Crippen LogP contribution in [0.25, 0.3) is 0 Å². The predicted octanol–water partition coefficient (Wildman–Crippen LogP) is -3.53. The van der Waals surface area contributed by atoms with Gasteiger partial charge in [-0.15, -0.1) is 0 Å². The van der Waals surface area contributed by atoms with Crippen LogP contribution in [-0.2, 0) is 19.0 Å². The minimum Gasteiger partial charge on any atom is -0.393 e. The summed E-state index contributed by atoms with van der Waals surface area (Å²) in [7, 11) is 0. The van der Waals surface area contributed by atoms with Crippen LogP contribution in [-0.4, -0.2) is 87.7 Å². The molecule has 0 saturated carbocycles. The van der Waals surface area contributed by atoms with Gasteiger partial charge in [0.1, 0.15) is 24.4 Å². The second kappa shape index (κ2) is 7.05. The Labute approximate surface area is 119 Å². The number of aliphatic hydroxyl groups excluding tert-OH is 4. The molecule has 0 aromatic carbocycles. The molecule has 0 bridgehead atoms. The zero-order chi connectivity index (χ0) is 15.6. The van der Waals surface area contributed by atoms with Crippen molar-refractivity contribution in [3.63, 3.8) is 0 Å². The van der Waals surface area contributed by atoms with E-state index in [2.05, 4.69) is 0 Å². The van der Waals surface area contributed by atoms with E-state index >= 15 is 0 Å². The number of aliphatic hydroxyl groups is 4. The Morgan fingerprint density at radius 1 is 1.29 bits per heavy atom. The summed E-state index contributed by atoms with van der Waals surface area (Å²) in [5.74, 6) is -0.527. The van der Waals surface area contributed by atoms with Gasteiger partial charge in [0.15, 0.2) is 18.4 Å². The Bertz CT molecular complexity index is 352. The molecule has 7 unspecified atom stereocenters. The lowest BCUT2D eigenvalue weighted by atomic mass is 10.0. The van der Waals surface area contributed by atoms with Crippen molar-refractivity contribution in [3.05, 3.63) is 0 Å². The minimum absolute atomic E-state index is 0.0724. The lowest BCUT2D eigenvalue weighted by Crippen LogP contribution is -2.57. The number of carbonyl (C=O) groups is 1. The first-order valence-electron chi connectivity index (χ1n) is 6.48. The van der Waals surface area contributed by atoms with Crippen LogP contribution in [0.3, 0.4) is 0 Å². The first-order valence-corrected chi connectivity index (χ1v) is 6.48. The van der Waals surface area contributed by atoms with Gasteiger partial charge in [0.25, 0.3) is 0 Å². The van der Waals surface area contributed by atoms with Crippen molar-refractivity contribution in [2.24, 2.45) is 0 Å². The Morgan fingerprint density at radius 2 is 2.00 bits per heavy atom. The third-order valence-corrected chi connectivity index (χ3v) is 3.47. The Hall–Kier alpha value is -0.690. The van der Waals surface area contributed by atoms with Gasteiger partial charge in [-0.1, -0.05) is 0 Å².